The van der Waals surface area contributed by atoms with Gasteiger partial charge in [-0.15, -0.1) is 0 Å². The third-order valence-corrected chi connectivity index (χ3v) is 7.89. The Hall–Kier alpha value is -4.35. The van der Waals surface area contributed by atoms with Gasteiger partial charge in [0.15, 0.2) is 0 Å². The lowest BCUT2D eigenvalue weighted by Crippen LogP contribution is -2.58. The Morgan fingerprint density at radius 1 is 0.857 bits per heavy atom. The molecule has 12 heteroatoms. The molecule has 11 nitrogen and oxygen atoms in total. The number of piperidine rings is 1. The molecule has 5 amide bonds. The van der Waals surface area contributed by atoms with E-state index in [-0.39, 0.29) is 35.4 Å². The van der Waals surface area contributed by atoms with Crippen molar-refractivity contribution in [2.24, 2.45) is 11.8 Å². The molecule has 42 heavy (non-hydrogen) atoms. The quantitative estimate of drug-likeness (QED) is 0.446. The molecule has 1 aromatic carbocycles. The molecule has 2 aliphatic rings. The average molecular weight is 581 g/mol. The normalized spacial score (nSPS) is 20.8. The van der Waals surface area contributed by atoms with E-state index in [9.17, 15) is 28.4 Å². The molecule has 2 aromatic rings. The second-order valence-electron chi connectivity index (χ2n) is 11.2. The topological polar surface area (TPSA) is 141 Å². The van der Waals surface area contributed by atoms with Crippen LogP contribution in [0.3, 0.4) is 0 Å². The molecule has 1 aromatic heterocycles. The summed E-state index contributed by atoms with van der Waals surface area (Å²) in [5.41, 5.74) is 1.30. The summed E-state index contributed by atoms with van der Waals surface area (Å²) in [5, 5.41) is 8.25. The molecule has 4 rings (SSSR count). The van der Waals surface area contributed by atoms with E-state index in [4.69, 9.17) is 0 Å². The maximum Gasteiger partial charge on any atom is 0.314 e. The van der Waals surface area contributed by atoms with E-state index in [1.54, 1.807) is 37.3 Å². The lowest BCUT2D eigenvalue weighted by molar-refractivity contribution is -0.138. The van der Waals surface area contributed by atoms with Crippen LogP contribution in [0.25, 0.3) is 0 Å². The van der Waals surface area contributed by atoms with Gasteiger partial charge in [-0.3, -0.25) is 24.0 Å². The van der Waals surface area contributed by atoms with Gasteiger partial charge in [-0.2, -0.15) is 0 Å². The largest absolute Gasteiger partial charge is 0.351 e. The van der Waals surface area contributed by atoms with Crippen molar-refractivity contribution in [3.05, 3.63) is 59.5 Å². The molecular weight excluding hydrogens is 543 g/mol. The van der Waals surface area contributed by atoms with Gasteiger partial charge >= 0.3 is 11.8 Å². The number of hydrogen-bond acceptors (Lipinski definition) is 6. The third kappa shape index (κ3) is 7.68. The fourth-order valence-electron chi connectivity index (χ4n) is 5.46. The van der Waals surface area contributed by atoms with E-state index in [0.717, 1.165) is 5.56 Å². The lowest BCUT2D eigenvalue weighted by atomic mass is 9.81. The molecule has 1 saturated carbocycles. The number of rotatable bonds is 6. The van der Waals surface area contributed by atoms with E-state index < -0.39 is 29.7 Å². The highest BCUT2D eigenvalue weighted by Gasteiger charge is 2.38. The number of anilines is 1. The van der Waals surface area contributed by atoms with E-state index in [1.165, 1.54) is 29.2 Å². The third-order valence-electron chi connectivity index (χ3n) is 7.89. The summed E-state index contributed by atoms with van der Waals surface area (Å²) in [4.78, 5) is 71.4. The Kier molecular flexibility index (Phi) is 9.87. The van der Waals surface area contributed by atoms with E-state index in [0.29, 0.717) is 50.8 Å². The van der Waals surface area contributed by atoms with Gasteiger partial charge in [-0.05, 0) is 74.9 Å². The highest BCUT2D eigenvalue weighted by Crippen LogP contribution is 2.28. The van der Waals surface area contributed by atoms with Gasteiger partial charge in [-0.1, -0.05) is 6.07 Å². The number of hydrogen-bond donors (Lipinski definition) is 3. The highest BCUT2D eigenvalue weighted by molar-refractivity contribution is 6.39. The van der Waals surface area contributed by atoms with Crippen molar-refractivity contribution in [3.63, 3.8) is 0 Å². The van der Waals surface area contributed by atoms with Gasteiger partial charge in [0.2, 0.25) is 11.8 Å². The minimum Gasteiger partial charge on any atom is -0.351 e. The summed E-state index contributed by atoms with van der Waals surface area (Å²) in [5.74, 6) is -3.10. The number of nitrogens with zero attached hydrogens (tertiary/aromatic N) is 3. The van der Waals surface area contributed by atoms with Crippen molar-refractivity contribution in [1.82, 2.24) is 25.4 Å². The van der Waals surface area contributed by atoms with Crippen LogP contribution < -0.4 is 16.0 Å². The number of nitrogens with one attached hydrogen (secondary N) is 3. The van der Waals surface area contributed by atoms with Crippen LogP contribution in [0.5, 0.6) is 0 Å². The zero-order chi connectivity index (χ0) is 30.4. The number of benzene rings is 1. The van der Waals surface area contributed by atoms with Gasteiger partial charge in [0.1, 0.15) is 11.6 Å². The van der Waals surface area contributed by atoms with Gasteiger partial charge < -0.3 is 25.8 Å². The minimum absolute atomic E-state index is 0.0603. The molecule has 2 heterocycles. The summed E-state index contributed by atoms with van der Waals surface area (Å²) in [7, 11) is 3.35. The standard InChI is InChI=1S/C30H37FN6O5/c1-18-4-11-25(32-17-18)35-28(40)27(39)33-23-10-7-21(29(41)36(2)3)16-24(23)34-26(38)19-12-14-37(15-13-19)30(42)20-5-8-22(31)9-6-20/h4-6,8-9,11,17,19,21,23-24H,7,10,12-16H2,1-3H3,(H,33,39)(H,34,38)(H,32,35,40)/t21-,23-,24+/m0/s1. The molecular formula is C30H37FN6O5. The molecule has 0 radical (unpaired) electrons. The Morgan fingerprint density at radius 2 is 1.55 bits per heavy atom. The van der Waals surface area contributed by atoms with Crippen molar-refractivity contribution in [2.75, 3.05) is 32.5 Å². The molecule has 0 unspecified atom stereocenters. The number of aromatic nitrogens is 1. The van der Waals surface area contributed by atoms with E-state index >= 15 is 0 Å². The molecule has 3 atom stereocenters. The SMILES string of the molecule is Cc1ccc(NC(=O)C(=O)N[C@H]2CC[C@H](C(=O)N(C)C)C[C@H]2NC(=O)C2CCN(C(=O)c3ccc(F)cc3)CC2)nc1. The predicted molar refractivity (Wildman–Crippen MR) is 153 cm³/mol. The smallest absolute Gasteiger partial charge is 0.314 e. The fourth-order valence-corrected chi connectivity index (χ4v) is 5.46. The van der Waals surface area contributed by atoms with Crippen molar-refractivity contribution >= 4 is 35.4 Å². The maximum absolute atomic E-state index is 13.3. The van der Waals surface area contributed by atoms with Gasteiger partial charge in [0.05, 0.1) is 0 Å². The summed E-state index contributed by atoms with van der Waals surface area (Å²) in [6.45, 7) is 2.59. The lowest BCUT2D eigenvalue weighted by Gasteiger charge is -2.38. The zero-order valence-corrected chi connectivity index (χ0v) is 24.1. The van der Waals surface area contributed by atoms with Crippen LogP contribution in [0.2, 0.25) is 0 Å². The molecule has 0 spiro atoms. The number of amides is 5. The minimum atomic E-state index is -0.874. The molecule has 1 saturated heterocycles. The summed E-state index contributed by atoms with van der Waals surface area (Å²) < 4.78 is 13.2. The van der Waals surface area contributed by atoms with Crippen LogP contribution in [0, 0.1) is 24.6 Å². The van der Waals surface area contributed by atoms with Crippen molar-refractivity contribution in [3.8, 4) is 0 Å². The first kappa shape index (κ1) is 30.6. The Morgan fingerprint density at radius 3 is 2.17 bits per heavy atom. The van der Waals surface area contributed by atoms with Gasteiger partial charge in [0, 0.05) is 62.9 Å². The first-order chi connectivity index (χ1) is 20.0. The van der Waals surface area contributed by atoms with Crippen molar-refractivity contribution in [1.29, 1.82) is 0 Å². The van der Waals surface area contributed by atoms with E-state index in [1.807, 2.05) is 6.92 Å². The van der Waals surface area contributed by atoms with E-state index in [2.05, 4.69) is 20.9 Å². The van der Waals surface area contributed by atoms with Gasteiger partial charge in [-0.25, -0.2) is 9.37 Å². The molecule has 2 fully saturated rings. The zero-order valence-electron chi connectivity index (χ0n) is 24.1. The molecule has 1 aliphatic carbocycles. The fraction of sp³-hybridized carbons (Fsp3) is 0.467. The number of carbonyl (C=O) groups is 5. The molecule has 1 aliphatic heterocycles. The van der Waals surface area contributed by atoms with Crippen molar-refractivity contribution in [2.45, 2.75) is 51.1 Å². The van der Waals surface area contributed by atoms with Crippen LogP contribution in [0.1, 0.15) is 48.0 Å². The number of likely N-dealkylation sites (tertiary alicyclic amines) is 1. The monoisotopic (exact) mass is 580 g/mol. The maximum atomic E-state index is 13.3. The number of pyridine rings is 1. The number of halogens is 1. The first-order valence-electron chi connectivity index (χ1n) is 14.1. The van der Waals surface area contributed by atoms with Crippen LogP contribution in [-0.4, -0.2) is 83.6 Å². The van der Waals surface area contributed by atoms with Crippen LogP contribution >= 0.6 is 0 Å². The second-order valence-corrected chi connectivity index (χ2v) is 11.2. The summed E-state index contributed by atoms with van der Waals surface area (Å²) >= 11 is 0. The Labute approximate surface area is 244 Å². The molecule has 3 N–H and O–H groups in total. The van der Waals surface area contributed by atoms with Crippen LogP contribution in [-0.2, 0) is 19.2 Å². The predicted octanol–water partition coefficient (Wildman–Crippen LogP) is 1.88. The Bertz CT molecular complexity index is 1310. The highest BCUT2D eigenvalue weighted by atomic mass is 19.1. The summed E-state index contributed by atoms with van der Waals surface area (Å²) in [6.07, 6.45) is 3.67. The number of carbonyl (C=O) groups excluding carboxylic acids is 5. The molecule has 0 bridgehead atoms. The number of aryl methyl sites for hydroxylation is 1. The molecule has 224 valence electrons. The average Bonchev–Trinajstić information content (AvgIpc) is 2.98. The second kappa shape index (κ2) is 13.5. The Balaban J connectivity index is 1.37. The van der Waals surface area contributed by atoms with Gasteiger partial charge in [0.25, 0.3) is 5.91 Å². The van der Waals surface area contributed by atoms with Crippen LogP contribution in [0.4, 0.5) is 10.2 Å². The summed E-state index contributed by atoms with van der Waals surface area (Å²) in [6, 6.07) is 7.61. The van der Waals surface area contributed by atoms with Crippen molar-refractivity contribution < 1.29 is 28.4 Å². The first-order valence-corrected chi connectivity index (χ1v) is 14.1. The van der Waals surface area contributed by atoms with Crippen LogP contribution in [0.15, 0.2) is 42.6 Å².